The zero-order valence-corrected chi connectivity index (χ0v) is 14.2. The van der Waals surface area contributed by atoms with Gasteiger partial charge in [-0.2, -0.15) is 0 Å². The molecule has 0 bridgehead atoms. The Morgan fingerprint density at radius 2 is 1.80 bits per heavy atom. The van der Waals surface area contributed by atoms with Crippen molar-refractivity contribution in [2.24, 2.45) is 0 Å². The first-order chi connectivity index (χ1) is 12.1. The largest absolute Gasteiger partial charge is 0.539 e. The van der Waals surface area contributed by atoms with Gasteiger partial charge in [0.2, 0.25) is 0 Å². The summed E-state index contributed by atoms with van der Waals surface area (Å²) in [5, 5.41) is 11.4. The van der Waals surface area contributed by atoms with Crippen molar-refractivity contribution in [3.05, 3.63) is 65.7 Å². The third-order valence-electron chi connectivity index (χ3n) is 5.38. The highest BCUT2D eigenvalue weighted by Crippen LogP contribution is 2.53. The van der Waals surface area contributed by atoms with E-state index in [9.17, 15) is 0 Å². The van der Waals surface area contributed by atoms with E-state index in [1.165, 1.54) is 27.6 Å². The SMILES string of the molecule is CC1(C)c2cc(OBO)ccc2-c2c1ccc1oc3ccccc3c21. The Kier molecular flexibility index (Phi) is 2.86. The van der Waals surface area contributed by atoms with E-state index in [0.29, 0.717) is 5.75 Å². The molecule has 25 heavy (non-hydrogen) atoms. The molecule has 3 aromatic carbocycles. The van der Waals surface area contributed by atoms with Gasteiger partial charge in [0.1, 0.15) is 16.9 Å². The molecule has 122 valence electrons. The average molecular weight is 328 g/mol. The molecule has 0 saturated heterocycles. The summed E-state index contributed by atoms with van der Waals surface area (Å²) in [6, 6.07) is 18.5. The summed E-state index contributed by atoms with van der Waals surface area (Å²) in [4.78, 5) is 0. The first kappa shape index (κ1) is 14.6. The molecule has 3 nitrogen and oxygen atoms in total. The van der Waals surface area contributed by atoms with E-state index in [2.05, 4.69) is 44.2 Å². The Hall–Kier alpha value is -2.72. The molecule has 5 rings (SSSR count). The number of para-hydroxylation sites is 1. The van der Waals surface area contributed by atoms with Crippen LogP contribution < -0.4 is 4.65 Å². The highest BCUT2D eigenvalue weighted by Gasteiger charge is 2.37. The predicted octanol–water partition coefficient (Wildman–Crippen LogP) is 4.53. The lowest BCUT2D eigenvalue weighted by atomic mass is 9.82. The van der Waals surface area contributed by atoms with Gasteiger partial charge in [-0.3, -0.25) is 0 Å². The van der Waals surface area contributed by atoms with E-state index < -0.39 is 0 Å². The lowest BCUT2D eigenvalue weighted by molar-refractivity contribution is 0.453. The fourth-order valence-electron chi connectivity index (χ4n) is 4.19. The summed E-state index contributed by atoms with van der Waals surface area (Å²) < 4.78 is 11.4. The lowest BCUT2D eigenvalue weighted by Crippen LogP contribution is -2.15. The van der Waals surface area contributed by atoms with Gasteiger partial charge in [0, 0.05) is 16.2 Å². The van der Waals surface area contributed by atoms with Crippen molar-refractivity contribution in [1.82, 2.24) is 0 Å². The van der Waals surface area contributed by atoms with E-state index >= 15 is 0 Å². The molecule has 4 aromatic rings. The van der Waals surface area contributed by atoms with E-state index in [-0.39, 0.29) is 13.1 Å². The van der Waals surface area contributed by atoms with Gasteiger partial charge in [-0.15, -0.1) is 0 Å². The molecule has 0 aliphatic heterocycles. The van der Waals surface area contributed by atoms with Crippen LogP contribution in [0.25, 0.3) is 33.1 Å². The van der Waals surface area contributed by atoms with Crippen LogP contribution in [0, 0.1) is 0 Å². The fourth-order valence-corrected chi connectivity index (χ4v) is 4.19. The van der Waals surface area contributed by atoms with Crippen molar-refractivity contribution in [2.75, 3.05) is 0 Å². The maximum Gasteiger partial charge on any atom is 0.504 e. The van der Waals surface area contributed by atoms with Crippen molar-refractivity contribution in [3.8, 4) is 16.9 Å². The summed E-state index contributed by atoms with van der Waals surface area (Å²) >= 11 is 0. The molecule has 0 saturated carbocycles. The van der Waals surface area contributed by atoms with Crippen molar-refractivity contribution in [3.63, 3.8) is 0 Å². The topological polar surface area (TPSA) is 42.6 Å². The molecule has 0 amide bonds. The van der Waals surface area contributed by atoms with E-state index in [0.717, 1.165) is 16.6 Å². The number of hydrogen-bond acceptors (Lipinski definition) is 3. The zero-order valence-electron chi connectivity index (χ0n) is 14.2. The summed E-state index contributed by atoms with van der Waals surface area (Å²) in [5.41, 5.74) is 6.66. The first-order valence-electron chi connectivity index (χ1n) is 8.44. The van der Waals surface area contributed by atoms with Gasteiger partial charge < -0.3 is 14.1 Å². The van der Waals surface area contributed by atoms with Crippen LogP contribution in [0.4, 0.5) is 0 Å². The fraction of sp³-hybridized carbons (Fsp3) is 0.143. The summed E-state index contributed by atoms with van der Waals surface area (Å²) in [6.45, 7) is 4.46. The molecular formula is C21H17BO3. The molecule has 0 unspecified atom stereocenters. The minimum absolute atomic E-state index is 0.133. The Balaban J connectivity index is 1.91. The van der Waals surface area contributed by atoms with Crippen LogP contribution in [0.3, 0.4) is 0 Å². The van der Waals surface area contributed by atoms with Gasteiger partial charge in [0.25, 0.3) is 0 Å². The number of rotatable bonds is 2. The standard InChI is InChI=1S/C21H17BO3/c1-21(2)15-9-10-18-20(14-5-3-4-6-17(14)24-18)19(15)13-8-7-12(25-22-23)11-16(13)21/h3-11,22-23H,1-2H3. The quantitative estimate of drug-likeness (QED) is 0.550. The second-order valence-corrected chi connectivity index (χ2v) is 7.07. The predicted molar refractivity (Wildman–Crippen MR) is 101 cm³/mol. The van der Waals surface area contributed by atoms with Gasteiger partial charge in [-0.1, -0.05) is 44.2 Å². The molecule has 1 aromatic heterocycles. The Morgan fingerprint density at radius 3 is 2.64 bits per heavy atom. The van der Waals surface area contributed by atoms with Crippen LogP contribution in [0.5, 0.6) is 5.75 Å². The molecule has 0 spiro atoms. The molecule has 1 N–H and O–H groups in total. The van der Waals surface area contributed by atoms with Gasteiger partial charge in [-0.05, 0) is 46.5 Å². The summed E-state index contributed by atoms with van der Waals surface area (Å²) in [5.74, 6) is 0.690. The van der Waals surface area contributed by atoms with Crippen LogP contribution >= 0.6 is 0 Å². The van der Waals surface area contributed by atoms with Gasteiger partial charge in [-0.25, -0.2) is 0 Å². The normalized spacial score (nSPS) is 14.5. The zero-order chi connectivity index (χ0) is 17.2. The number of fused-ring (bicyclic) bond motifs is 7. The third kappa shape index (κ3) is 1.86. The molecule has 1 heterocycles. The number of hydrogen-bond donors (Lipinski definition) is 1. The first-order valence-corrected chi connectivity index (χ1v) is 8.44. The molecule has 0 radical (unpaired) electrons. The maximum atomic E-state index is 9.07. The minimum atomic E-state index is -0.317. The second kappa shape index (κ2) is 4.90. The smallest absolute Gasteiger partial charge is 0.504 e. The Labute approximate surface area is 146 Å². The molecule has 4 heteroatoms. The average Bonchev–Trinajstić information content (AvgIpc) is 3.09. The van der Waals surface area contributed by atoms with E-state index in [4.69, 9.17) is 14.1 Å². The highest BCUT2D eigenvalue weighted by molar-refractivity contribution is 6.17. The summed E-state index contributed by atoms with van der Waals surface area (Å²) in [6.07, 6.45) is 0. The lowest BCUT2D eigenvalue weighted by Gasteiger charge is -2.21. The van der Waals surface area contributed by atoms with Crippen LogP contribution in [0.15, 0.2) is 59.0 Å². The van der Waals surface area contributed by atoms with Crippen LogP contribution in [-0.2, 0) is 5.41 Å². The van der Waals surface area contributed by atoms with Crippen molar-refractivity contribution in [2.45, 2.75) is 19.3 Å². The Bertz CT molecular complexity index is 1140. The van der Waals surface area contributed by atoms with Crippen molar-refractivity contribution in [1.29, 1.82) is 0 Å². The highest BCUT2D eigenvalue weighted by atomic mass is 16.5. The molecular weight excluding hydrogens is 311 g/mol. The molecule has 0 atom stereocenters. The summed E-state index contributed by atoms with van der Waals surface area (Å²) in [7, 11) is -0.317. The van der Waals surface area contributed by atoms with Crippen molar-refractivity contribution < 1.29 is 14.1 Å². The van der Waals surface area contributed by atoms with Gasteiger partial charge in [0.05, 0.1) is 0 Å². The number of furan rings is 1. The van der Waals surface area contributed by atoms with E-state index in [1.54, 1.807) is 0 Å². The molecule has 1 aliphatic rings. The van der Waals surface area contributed by atoms with Gasteiger partial charge >= 0.3 is 7.69 Å². The van der Waals surface area contributed by atoms with E-state index in [1.807, 2.05) is 24.3 Å². The second-order valence-electron chi connectivity index (χ2n) is 7.07. The van der Waals surface area contributed by atoms with Crippen LogP contribution in [0.1, 0.15) is 25.0 Å². The third-order valence-corrected chi connectivity index (χ3v) is 5.38. The minimum Gasteiger partial charge on any atom is -0.539 e. The van der Waals surface area contributed by atoms with Gasteiger partial charge in [0.15, 0.2) is 0 Å². The van der Waals surface area contributed by atoms with Crippen LogP contribution in [-0.4, -0.2) is 12.7 Å². The number of benzene rings is 3. The van der Waals surface area contributed by atoms with Crippen LogP contribution in [0.2, 0.25) is 0 Å². The molecule has 1 aliphatic carbocycles. The van der Waals surface area contributed by atoms with Crippen molar-refractivity contribution >= 4 is 29.6 Å². The molecule has 0 fully saturated rings. The maximum absolute atomic E-state index is 9.07. The monoisotopic (exact) mass is 328 g/mol. The Morgan fingerprint density at radius 1 is 0.960 bits per heavy atom.